The number of aromatic nitrogens is 1. The molecule has 0 amide bonds. The van der Waals surface area contributed by atoms with Gasteiger partial charge in [0, 0.05) is 43.3 Å². The number of nitro groups is 1. The highest BCUT2D eigenvalue weighted by atomic mass is 35.5. The summed E-state index contributed by atoms with van der Waals surface area (Å²) in [5.74, 6) is 0.118. The van der Waals surface area contributed by atoms with Crippen molar-refractivity contribution >= 4 is 23.0 Å². The van der Waals surface area contributed by atoms with E-state index in [1.54, 1.807) is 24.5 Å². The van der Waals surface area contributed by atoms with Gasteiger partial charge in [0.2, 0.25) is 0 Å². The molecule has 1 heterocycles. The molecule has 0 aliphatic rings. The normalized spacial score (nSPS) is 10.3. The molecule has 0 bridgehead atoms. The van der Waals surface area contributed by atoms with Crippen LogP contribution in [0.3, 0.4) is 0 Å². The van der Waals surface area contributed by atoms with Gasteiger partial charge >= 0.3 is 0 Å². The van der Waals surface area contributed by atoms with Crippen LogP contribution in [0.5, 0.6) is 0 Å². The number of hydrogen-bond donors (Lipinski definition) is 0. The fourth-order valence-corrected chi connectivity index (χ4v) is 2.16. The van der Waals surface area contributed by atoms with Crippen LogP contribution in [0.1, 0.15) is 11.1 Å². The Bertz CT molecular complexity index is 605. The van der Waals surface area contributed by atoms with Crippen molar-refractivity contribution in [2.45, 2.75) is 12.4 Å². The SMILES string of the molecule is CN(Cc1ccncc1)c1ccc([N+](=O)[O-])c(CCl)c1. The molecule has 0 radical (unpaired) electrons. The third-order valence-corrected chi connectivity index (χ3v) is 3.30. The van der Waals surface area contributed by atoms with Crippen LogP contribution >= 0.6 is 11.6 Å². The van der Waals surface area contributed by atoms with Gasteiger partial charge in [0.15, 0.2) is 0 Å². The Morgan fingerprint density at radius 2 is 2.00 bits per heavy atom. The number of rotatable bonds is 5. The Labute approximate surface area is 122 Å². The first kappa shape index (κ1) is 14.3. The quantitative estimate of drug-likeness (QED) is 0.481. The monoisotopic (exact) mass is 291 g/mol. The Hall–Kier alpha value is -2.14. The van der Waals surface area contributed by atoms with Crippen LogP contribution < -0.4 is 4.90 Å². The number of alkyl halides is 1. The average molecular weight is 292 g/mol. The minimum atomic E-state index is -0.412. The second-order valence-electron chi connectivity index (χ2n) is 4.42. The van der Waals surface area contributed by atoms with Crippen molar-refractivity contribution in [3.63, 3.8) is 0 Å². The van der Waals surface area contributed by atoms with Crippen molar-refractivity contribution in [2.75, 3.05) is 11.9 Å². The lowest BCUT2D eigenvalue weighted by atomic mass is 10.1. The summed E-state index contributed by atoms with van der Waals surface area (Å²) in [6.45, 7) is 0.696. The molecule has 0 N–H and O–H groups in total. The molecule has 0 aliphatic heterocycles. The number of nitro benzene ring substituents is 1. The summed E-state index contributed by atoms with van der Waals surface area (Å²) < 4.78 is 0. The Kier molecular flexibility index (Phi) is 4.53. The van der Waals surface area contributed by atoms with Crippen LogP contribution in [0, 0.1) is 10.1 Å². The summed E-state index contributed by atoms with van der Waals surface area (Å²) in [5.41, 5.74) is 2.59. The molecule has 0 aliphatic carbocycles. The van der Waals surface area contributed by atoms with E-state index in [0.717, 1.165) is 11.3 Å². The van der Waals surface area contributed by atoms with Crippen LogP contribution in [0.25, 0.3) is 0 Å². The van der Waals surface area contributed by atoms with Gasteiger partial charge in [-0.2, -0.15) is 0 Å². The molecule has 1 aromatic heterocycles. The number of anilines is 1. The molecule has 2 aromatic rings. The lowest BCUT2D eigenvalue weighted by Crippen LogP contribution is -2.16. The van der Waals surface area contributed by atoms with Crippen molar-refractivity contribution in [3.8, 4) is 0 Å². The average Bonchev–Trinajstić information content (AvgIpc) is 2.47. The predicted octanol–water partition coefficient (Wildman–Crippen LogP) is 3.37. The molecular formula is C14H14ClN3O2. The topological polar surface area (TPSA) is 59.3 Å². The third kappa shape index (κ3) is 3.24. The molecule has 0 saturated heterocycles. The number of halogens is 1. The van der Waals surface area contributed by atoms with E-state index in [-0.39, 0.29) is 11.6 Å². The first-order chi connectivity index (χ1) is 9.61. The standard InChI is InChI=1S/C14H14ClN3O2/c1-17(10-11-4-6-16-7-5-11)13-2-3-14(18(19)20)12(8-13)9-15/h2-8H,9-10H2,1H3. The van der Waals surface area contributed by atoms with Gasteiger partial charge in [-0.25, -0.2) is 0 Å². The second-order valence-corrected chi connectivity index (χ2v) is 4.68. The van der Waals surface area contributed by atoms with Crippen LogP contribution in [-0.2, 0) is 12.4 Å². The fourth-order valence-electron chi connectivity index (χ4n) is 1.95. The zero-order valence-corrected chi connectivity index (χ0v) is 11.7. The van der Waals surface area contributed by atoms with Crippen LogP contribution in [0.2, 0.25) is 0 Å². The van der Waals surface area contributed by atoms with Gasteiger partial charge in [-0.3, -0.25) is 15.1 Å². The molecule has 1 aromatic carbocycles. The van der Waals surface area contributed by atoms with E-state index in [4.69, 9.17) is 11.6 Å². The maximum atomic E-state index is 10.9. The van der Waals surface area contributed by atoms with Crippen LogP contribution in [-0.4, -0.2) is 17.0 Å². The lowest BCUT2D eigenvalue weighted by molar-refractivity contribution is -0.385. The van der Waals surface area contributed by atoms with Gasteiger partial charge in [0.1, 0.15) is 0 Å². The maximum absolute atomic E-state index is 10.9. The predicted molar refractivity (Wildman–Crippen MR) is 79.0 cm³/mol. The highest BCUT2D eigenvalue weighted by Gasteiger charge is 2.14. The zero-order chi connectivity index (χ0) is 14.5. The van der Waals surface area contributed by atoms with Crippen LogP contribution in [0.4, 0.5) is 11.4 Å². The molecule has 0 unspecified atom stereocenters. The molecule has 20 heavy (non-hydrogen) atoms. The van der Waals surface area contributed by atoms with Gasteiger partial charge in [-0.05, 0) is 29.8 Å². The summed E-state index contributed by atoms with van der Waals surface area (Å²) in [5, 5.41) is 10.9. The number of nitrogens with zero attached hydrogens (tertiary/aromatic N) is 3. The summed E-state index contributed by atoms with van der Waals surface area (Å²) in [6, 6.07) is 8.85. The van der Waals surface area contributed by atoms with Crippen molar-refractivity contribution < 1.29 is 4.92 Å². The Balaban J connectivity index is 2.22. The summed E-state index contributed by atoms with van der Waals surface area (Å²) in [4.78, 5) is 16.4. The van der Waals surface area contributed by atoms with Gasteiger partial charge in [-0.15, -0.1) is 11.6 Å². The maximum Gasteiger partial charge on any atom is 0.273 e. The minimum Gasteiger partial charge on any atom is -0.370 e. The minimum absolute atomic E-state index is 0.0565. The van der Waals surface area contributed by atoms with Crippen molar-refractivity contribution in [1.82, 2.24) is 4.98 Å². The Morgan fingerprint density at radius 1 is 1.30 bits per heavy atom. The first-order valence-corrected chi connectivity index (χ1v) is 6.58. The summed E-state index contributed by atoms with van der Waals surface area (Å²) in [6.07, 6.45) is 3.48. The molecule has 2 rings (SSSR count). The van der Waals surface area contributed by atoms with Gasteiger partial charge in [-0.1, -0.05) is 0 Å². The third-order valence-electron chi connectivity index (χ3n) is 3.01. The smallest absolute Gasteiger partial charge is 0.273 e. The van der Waals surface area contributed by atoms with E-state index in [9.17, 15) is 10.1 Å². The molecule has 0 atom stereocenters. The van der Waals surface area contributed by atoms with E-state index < -0.39 is 4.92 Å². The molecule has 0 spiro atoms. The van der Waals surface area contributed by atoms with E-state index in [1.165, 1.54) is 6.07 Å². The van der Waals surface area contributed by atoms with E-state index in [0.29, 0.717) is 12.1 Å². The van der Waals surface area contributed by atoms with Crippen molar-refractivity contribution in [2.24, 2.45) is 0 Å². The van der Waals surface area contributed by atoms with Gasteiger partial charge in [0.05, 0.1) is 10.8 Å². The zero-order valence-electron chi connectivity index (χ0n) is 11.0. The largest absolute Gasteiger partial charge is 0.370 e. The number of hydrogen-bond acceptors (Lipinski definition) is 4. The first-order valence-electron chi connectivity index (χ1n) is 6.05. The second kappa shape index (κ2) is 6.34. The number of benzene rings is 1. The molecule has 0 saturated carbocycles. The van der Waals surface area contributed by atoms with Crippen molar-refractivity contribution in [1.29, 1.82) is 0 Å². The molecular weight excluding hydrogens is 278 g/mol. The summed E-state index contributed by atoms with van der Waals surface area (Å²) >= 11 is 5.78. The molecule has 0 fully saturated rings. The Morgan fingerprint density at radius 3 is 2.60 bits per heavy atom. The van der Waals surface area contributed by atoms with Crippen molar-refractivity contribution in [3.05, 3.63) is 64.0 Å². The van der Waals surface area contributed by atoms with E-state index in [1.807, 2.05) is 24.1 Å². The lowest BCUT2D eigenvalue weighted by Gasteiger charge is -2.20. The van der Waals surface area contributed by atoms with E-state index >= 15 is 0 Å². The number of pyridine rings is 1. The van der Waals surface area contributed by atoms with Gasteiger partial charge < -0.3 is 4.90 Å². The van der Waals surface area contributed by atoms with Gasteiger partial charge in [0.25, 0.3) is 5.69 Å². The highest BCUT2D eigenvalue weighted by Crippen LogP contribution is 2.26. The summed E-state index contributed by atoms with van der Waals surface area (Å²) in [7, 11) is 1.93. The highest BCUT2D eigenvalue weighted by molar-refractivity contribution is 6.17. The molecule has 5 nitrogen and oxygen atoms in total. The van der Waals surface area contributed by atoms with E-state index in [2.05, 4.69) is 4.98 Å². The molecule has 104 valence electrons. The molecule has 6 heteroatoms. The van der Waals surface area contributed by atoms with Crippen LogP contribution in [0.15, 0.2) is 42.7 Å². The fraction of sp³-hybridized carbons (Fsp3) is 0.214.